The van der Waals surface area contributed by atoms with Crippen LogP contribution in [0, 0.1) is 12.8 Å². The lowest BCUT2D eigenvalue weighted by Gasteiger charge is -2.40. The number of rotatable bonds is 7. The smallest absolute Gasteiger partial charge is 0.198 e. The Labute approximate surface area is 209 Å². The number of tetrazole rings is 1. The van der Waals surface area contributed by atoms with E-state index in [9.17, 15) is 8.42 Å². The van der Waals surface area contributed by atoms with Crippen LogP contribution < -0.4 is 4.90 Å². The maximum atomic E-state index is 13.1. The molecule has 1 saturated heterocycles. The predicted molar refractivity (Wildman–Crippen MR) is 137 cm³/mol. The van der Waals surface area contributed by atoms with Crippen molar-refractivity contribution in [3.05, 3.63) is 59.9 Å². The zero-order valence-electron chi connectivity index (χ0n) is 20.1. The van der Waals surface area contributed by atoms with E-state index in [-0.39, 0.29) is 22.7 Å². The van der Waals surface area contributed by atoms with E-state index in [0.717, 1.165) is 42.4 Å². The molecule has 2 aromatic heterocycles. The number of hydrogen-bond acceptors (Lipinski definition) is 9. The van der Waals surface area contributed by atoms with Crippen LogP contribution in [0.4, 0.5) is 5.13 Å². The van der Waals surface area contributed by atoms with E-state index < -0.39 is 9.84 Å². The fraction of sp³-hybridized carbons (Fsp3) is 0.417. The molecule has 9 nitrogen and oxygen atoms in total. The molecule has 184 valence electrons. The summed E-state index contributed by atoms with van der Waals surface area (Å²) in [5, 5.41) is 13.2. The average molecular weight is 512 g/mol. The normalized spacial score (nSPS) is 16.3. The molecule has 0 radical (unpaired) electrons. The van der Waals surface area contributed by atoms with E-state index in [2.05, 4.69) is 45.2 Å². The second-order valence-electron chi connectivity index (χ2n) is 9.27. The Morgan fingerprint density at radius 1 is 1.00 bits per heavy atom. The number of para-hydroxylation sites is 1. The zero-order chi connectivity index (χ0) is 24.6. The molecule has 0 bridgehead atoms. The molecule has 0 N–H and O–H groups in total. The van der Waals surface area contributed by atoms with Crippen molar-refractivity contribution in [2.45, 2.75) is 37.6 Å². The maximum absolute atomic E-state index is 13.1. The SMILES string of the molecule is Cc1ccc(S(=O)(=O)Cn2nnnc2[C@H](C(C)C)N2CCN(c3nc4ccccc4s3)CC2)cc1. The molecule has 1 atom stereocenters. The predicted octanol–water partition coefficient (Wildman–Crippen LogP) is 3.54. The molecule has 5 rings (SSSR count). The molecule has 1 aliphatic rings. The quantitative estimate of drug-likeness (QED) is 0.372. The van der Waals surface area contributed by atoms with Crippen LogP contribution in [0.15, 0.2) is 53.4 Å². The maximum Gasteiger partial charge on any atom is 0.198 e. The van der Waals surface area contributed by atoms with Crippen LogP contribution >= 0.6 is 11.3 Å². The number of piperazine rings is 1. The molecule has 11 heteroatoms. The Morgan fingerprint density at radius 2 is 1.71 bits per heavy atom. The third-order valence-electron chi connectivity index (χ3n) is 6.39. The van der Waals surface area contributed by atoms with Crippen molar-refractivity contribution in [1.82, 2.24) is 30.1 Å². The highest BCUT2D eigenvalue weighted by atomic mass is 32.2. The largest absolute Gasteiger partial charge is 0.345 e. The van der Waals surface area contributed by atoms with Gasteiger partial charge in [-0.2, -0.15) is 0 Å². The number of fused-ring (bicyclic) bond motifs is 1. The van der Waals surface area contributed by atoms with Gasteiger partial charge in [-0.05, 0) is 47.5 Å². The van der Waals surface area contributed by atoms with Crippen LogP contribution in [-0.2, 0) is 15.7 Å². The molecule has 0 amide bonds. The summed E-state index contributed by atoms with van der Waals surface area (Å²) < 4.78 is 28.8. The Kier molecular flexibility index (Phi) is 6.56. The van der Waals surface area contributed by atoms with Gasteiger partial charge in [-0.15, -0.1) is 5.10 Å². The van der Waals surface area contributed by atoms with Crippen molar-refractivity contribution < 1.29 is 8.42 Å². The van der Waals surface area contributed by atoms with Crippen molar-refractivity contribution in [1.29, 1.82) is 0 Å². The summed E-state index contributed by atoms with van der Waals surface area (Å²) in [6.07, 6.45) is 0. The molecule has 35 heavy (non-hydrogen) atoms. The van der Waals surface area contributed by atoms with Gasteiger partial charge in [0, 0.05) is 26.2 Å². The average Bonchev–Trinajstić information content (AvgIpc) is 3.46. The minimum atomic E-state index is -3.58. The Morgan fingerprint density at radius 3 is 2.40 bits per heavy atom. The molecule has 0 saturated carbocycles. The number of benzene rings is 2. The van der Waals surface area contributed by atoms with Crippen LogP contribution in [0.1, 0.15) is 31.3 Å². The number of hydrogen-bond donors (Lipinski definition) is 0. The number of nitrogens with zero attached hydrogens (tertiary/aromatic N) is 7. The van der Waals surface area contributed by atoms with E-state index in [0.29, 0.717) is 5.82 Å². The second kappa shape index (κ2) is 9.63. The van der Waals surface area contributed by atoms with E-state index in [1.54, 1.807) is 35.6 Å². The number of aromatic nitrogens is 5. The number of sulfone groups is 1. The summed E-state index contributed by atoms with van der Waals surface area (Å²) in [5.41, 5.74) is 2.04. The van der Waals surface area contributed by atoms with E-state index >= 15 is 0 Å². The van der Waals surface area contributed by atoms with Crippen molar-refractivity contribution in [3.63, 3.8) is 0 Å². The molecule has 1 aliphatic heterocycles. The summed E-state index contributed by atoms with van der Waals surface area (Å²) in [5.74, 6) is 0.507. The summed E-state index contributed by atoms with van der Waals surface area (Å²) in [4.78, 5) is 9.76. The number of anilines is 1. The molecule has 0 unspecified atom stereocenters. The van der Waals surface area contributed by atoms with Crippen LogP contribution in [0.25, 0.3) is 10.2 Å². The molecule has 1 fully saturated rings. The van der Waals surface area contributed by atoms with Gasteiger partial charge in [0.15, 0.2) is 26.7 Å². The Balaban J connectivity index is 1.33. The fourth-order valence-electron chi connectivity index (χ4n) is 4.57. The first-order valence-corrected chi connectivity index (χ1v) is 14.2. The van der Waals surface area contributed by atoms with Gasteiger partial charge in [-0.3, -0.25) is 4.90 Å². The van der Waals surface area contributed by atoms with E-state index in [1.807, 2.05) is 25.1 Å². The number of aryl methyl sites for hydroxylation is 1. The zero-order valence-corrected chi connectivity index (χ0v) is 21.7. The lowest BCUT2D eigenvalue weighted by atomic mass is 10.0. The second-order valence-corrected chi connectivity index (χ2v) is 12.2. The van der Waals surface area contributed by atoms with Gasteiger partial charge in [0.05, 0.1) is 21.2 Å². The van der Waals surface area contributed by atoms with E-state index in [1.165, 1.54) is 9.38 Å². The first kappa shape index (κ1) is 23.8. The highest BCUT2D eigenvalue weighted by molar-refractivity contribution is 7.90. The standard InChI is InChI=1S/C24H29N7O2S2/c1-17(2)22(23-26-27-28-31(23)16-35(32,33)19-10-8-18(3)9-11-19)29-12-14-30(15-13-29)24-25-20-6-4-5-7-21(20)34-24/h4-11,17,22H,12-16H2,1-3H3/t22-/m0/s1. The van der Waals surface area contributed by atoms with Gasteiger partial charge in [-0.25, -0.2) is 18.1 Å². The highest BCUT2D eigenvalue weighted by Gasteiger charge is 2.33. The minimum Gasteiger partial charge on any atom is -0.345 e. The first-order chi connectivity index (χ1) is 16.8. The molecule has 3 heterocycles. The third kappa shape index (κ3) is 4.93. The fourth-order valence-corrected chi connectivity index (χ4v) is 6.79. The van der Waals surface area contributed by atoms with Crippen molar-refractivity contribution in [2.24, 2.45) is 5.92 Å². The molecular weight excluding hydrogens is 482 g/mol. The van der Waals surface area contributed by atoms with Crippen LogP contribution in [0.2, 0.25) is 0 Å². The topological polar surface area (TPSA) is 97.1 Å². The lowest BCUT2D eigenvalue weighted by Crippen LogP contribution is -2.49. The first-order valence-electron chi connectivity index (χ1n) is 11.7. The summed E-state index contributed by atoms with van der Waals surface area (Å²) >= 11 is 1.72. The Bertz CT molecular complexity index is 1370. The monoisotopic (exact) mass is 511 g/mol. The van der Waals surface area contributed by atoms with Crippen LogP contribution in [0.3, 0.4) is 0 Å². The molecule has 0 spiro atoms. The third-order valence-corrected chi connectivity index (χ3v) is 9.06. The van der Waals surface area contributed by atoms with Gasteiger partial charge < -0.3 is 4.90 Å². The minimum absolute atomic E-state index is 0.0873. The summed E-state index contributed by atoms with van der Waals surface area (Å²) in [6, 6.07) is 15.0. The molecular formula is C24H29N7O2S2. The van der Waals surface area contributed by atoms with Crippen LogP contribution in [0.5, 0.6) is 0 Å². The van der Waals surface area contributed by atoms with Crippen LogP contribution in [-0.4, -0.2) is 64.7 Å². The molecule has 2 aromatic carbocycles. The number of thiazole rings is 1. The van der Waals surface area contributed by atoms with Gasteiger partial charge in [0.1, 0.15) is 0 Å². The summed E-state index contributed by atoms with van der Waals surface area (Å²) in [7, 11) is -3.58. The van der Waals surface area contributed by atoms with Gasteiger partial charge in [0.25, 0.3) is 0 Å². The van der Waals surface area contributed by atoms with E-state index in [4.69, 9.17) is 4.98 Å². The van der Waals surface area contributed by atoms with Crippen molar-refractivity contribution in [2.75, 3.05) is 31.1 Å². The Hall–Kier alpha value is -2.89. The highest BCUT2D eigenvalue weighted by Crippen LogP contribution is 2.32. The molecule has 0 aliphatic carbocycles. The summed E-state index contributed by atoms with van der Waals surface area (Å²) in [6.45, 7) is 9.49. The lowest BCUT2D eigenvalue weighted by molar-refractivity contribution is 0.135. The molecule has 4 aromatic rings. The van der Waals surface area contributed by atoms with Gasteiger partial charge in [-0.1, -0.05) is 55.0 Å². The van der Waals surface area contributed by atoms with Crippen molar-refractivity contribution in [3.8, 4) is 0 Å². The van der Waals surface area contributed by atoms with Crippen molar-refractivity contribution >= 4 is 36.5 Å². The van der Waals surface area contributed by atoms with Gasteiger partial charge in [0.2, 0.25) is 0 Å². The van der Waals surface area contributed by atoms with Gasteiger partial charge >= 0.3 is 0 Å².